The van der Waals surface area contributed by atoms with Crippen LogP contribution in [0.1, 0.15) is 42.1 Å². The molecule has 0 spiro atoms. The Balaban J connectivity index is 0.908. The number of allylic oxidation sites excluding steroid dienone is 11. The molecule has 5 aromatic carbocycles. The Bertz CT molecular complexity index is 2900. The third-order valence-corrected chi connectivity index (χ3v) is 12.2. The van der Waals surface area contributed by atoms with Crippen LogP contribution < -0.4 is 5.32 Å². The zero-order valence-corrected chi connectivity index (χ0v) is 31.2. The van der Waals surface area contributed by atoms with Crippen LogP contribution in [0.3, 0.4) is 0 Å². The molecule has 0 fully saturated rings. The lowest BCUT2D eigenvalue weighted by Gasteiger charge is -2.31. The van der Waals surface area contributed by atoms with Crippen molar-refractivity contribution in [1.82, 2.24) is 9.88 Å². The minimum atomic E-state index is 0.167. The van der Waals surface area contributed by atoms with Crippen molar-refractivity contribution >= 4 is 38.9 Å². The fraction of sp³-hybridized carbons (Fsp3) is 0.132. The first kappa shape index (κ1) is 32.8. The van der Waals surface area contributed by atoms with Crippen LogP contribution in [-0.4, -0.2) is 4.57 Å². The summed E-state index contributed by atoms with van der Waals surface area (Å²) in [6, 6.07) is 43.7. The van der Waals surface area contributed by atoms with E-state index in [0.29, 0.717) is 11.8 Å². The summed E-state index contributed by atoms with van der Waals surface area (Å²) in [6.07, 6.45) is 27.6. The maximum absolute atomic E-state index is 6.45. The monoisotopic (exact) mass is 722 g/mol. The second-order valence-corrected chi connectivity index (χ2v) is 15.5. The van der Waals surface area contributed by atoms with Gasteiger partial charge in [-0.2, -0.15) is 0 Å². The number of dihydropyridines is 1. The summed E-state index contributed by atoms with van der Waals surface area (Å²) >= 11 is 0. The summed E-state index contributed by atoms with van der Waals surface area (Å²) < 4.78 is 8.95. The van der Waals surface area contributed by atoms with Crippen molar-refractivity contribution in [2.75, 3.05) is 0 Å². The molecule has 270 valence electrons. The maximum Gasteiger partial charge on any atom is 0.143 e. The van der Waals surface area contributed by atoms with E-state index < -0.39 is 0 Å². The van der Waals surface area contributed by atoms with Crippen LogP contribution in [-0.2, 0) is 6.42 Å². The van der Waals surface area contributed by atoms with Crippen LogP contribution in [0.15, 0.2) is 203 Å². The van der Waals surface area contributed by atoms with Gasteiger partial charge in [-0.15, -0.1) is 0 Å². The van der Waals surface area contributed by atoms with E-state index in [2.05, 4.69) is 186 Å². The molecule has 0 saturated carbocycles. The van der Waals surface area contributed by atoms with E-state index in [1.807, 2.05) is 6.07 Å². The zero-order chi connectivity index (χ0) is 37.0. The third kappa shape index (κ3) is 5.66. The van der Waals surface area contributed by atoms with Crippen molar-refractivity contribution in [3.8, 4) is 16.8 Å². The van der Waals surface area contributed by atoms with Gasteiger partial charge in [-0.05, 0) is 89.9 Å². The molecule has 56 heavy (non-hydrogen) atoms. The van der Waals surface area contributed by atoms with Crippen molar-refractivity contribution in [3.05, 3.63) is 215 Å². The van der Waals surface area contributed by atoms with Gasteiger partial charge in [0.1, 0.15) is 11.2 Å². The lowest BCUT2D eigenvalue weighted by Crippen LogP contribution is -2.28. The van der Waals surface area contributed by atoms with Crippen LogP contribution in [0.2, 0.25) is 0 Å². The Hall–Kier alpha value is -6.58. The summed E-state index contributed by atoms with van der Waals surface area (Å²) in [4.78, 5) is 0. The van der Waals surface area contributed by atoms with Crippen molar-refractivity contribution < 1.29 is 4.42 Å². The minimum Gasteiger partial charge on any atom is -0.455 e. The first-order valence-corrected chi connectivity index (χ1v) is 20.1. The molecule has 3 aliphatic carbocycles. The number of hydrogen-bond donors (Lipinski definition) is 1. The Kier molecular flexibility index (Phi) is 7.98. The molecule has 3 heteroatoms. The van der Waals surface area contributed by atoms with Crippen molar-refractivity contribution in [2.45, 2.75) is 31.7 Å². The maximum atomic E-state index is 6.45. The first-order chi connectivity index (χ1) is 27.7. The fourth-order valence-electron chi connectivity index (χ4n) is 9.42. The van der Waals surface area contributed by atoms with E-state index in [0.717, 1.165) is 58.7 Å². The summed E-state index contributed by atoms with van der Waals surface area (Å²) in [5, 5.41) is 7.54. The molecule has 0 radical (unpaired) electrons. The number of hydrogen-bond acceptors (Lipinski definition) is 2. The van der Waals surface area contributed by atoms with Crippen LogP contribution in [0.5, 0.6) is 0 Å². The summed E-state index contributed by atoms with van der Waals surface area (Å²) in [7, 11) is 0. The predicted octanol–water partition coefficient (Wildman–Crippen LogP) is 13.3. The van der Waals surface area contributed by atoms with Crippen molar-refractivity contribution in [2.24, 2.45) is 11.8 Å². The number of furan rings is 1. The molecule has 11 rings (SSSR count). The zero-order valence-electron chi connectivity index (χ0n) is 31.2. The number of fused-ring (bicyclic) bond motifs is 6. The van der Waals surface area contributed by atoms with E-state index in [4.69, 9.17) is 4.42 Å². The van der Waals surface area contributed by atoms with E-state index in [1.165, 1.54) is 55.8 Å². The molecule has 0 bridgehead atoms. The number of benzene rings is 5. The highest BCUT2D eigenvalue weighted by molar-refractivity contribution is 6.09. The van der Waals surface area contributed by atoms with Crippen LogP contribution >= 0.6 is 0 Å². The highest BCUT2D eigenvalue weighted by Crippen LogP contribution is 2.42. The van der Waals surface area contributed by atoms with Crippen molar-refractivity contribution in [1.29, 1.82) is 0 Å². The Labute approximate surface area is 327 Å². The molecular formula is C53H42N2O. The minimum absolute atomic E-state index is 0.167. The van der Waals surface area contributed by atoms with Gasteiger partial charge in [-0.25, -0.2) is 0 Å². The van der Waals surface area contributed by atoms with Gasteiger partial charge in [0.2, 0.25) is 0 Å². The summed E-state index contributed by atoms with van der Waals surface area (Å²) in [5.41, 5.74) is 16.1. The smallest absolute Gasteiger partial charge is 0.143 e. The standard InChI is InChI=1S/C53H42N2O/c1-3-13-35(14-4-1)41-33-48(37-15-5-2-6-16-37)54-49(34-41)38-27-25-36(26-28-38)39-29-30-51-47(32-39)44-19-7-9-23-50(44)55(51)42-18-11-17-40(31-42)43-21-12-22-46-45-20-8-10-24-52(45)56-53(43)46/h1-13,15-27,31-35,38,48,54H,14,28-30H2. The van der Waals surface area contributed by atoms with Gasteiger partial charge >= 0.3 is 0 Å². The first-order valence-electron chi connectivity index (χ1n) is 20.1. The lowest BCUT2D eigenvalue weighted by molar-refractivity contribution is 0.590. The molecule has 3 nitrogen and oxygen atoms in total. The van der Waals surface area contributed by atoms with E-state index in [1.54, 1.807) is 0 Å². The number of nitrogens with one attached hydrogen (secondary N) is 1. The van der Waals surface area contributed by atoms with Crippen molar-refractivity contribution in [3.63, 3.8) is 0 Å². The van der Waals surface area contributed by atoms with Gasteiger partial charge in [0.25, 0.3) is 0 Å². The highest BCUT2D eigenvalue weighted by atomic mass is 16.3. The number of aromatic nitrogens is 1. The quantitative estimate of drug-likeness (QED) is 0.185. The van der Waals surface area contributed by atoms with Gasteiger partial charge in [-0.3, -0.25) is 0 Å². The Morgan fingerprint density at radius 2 is 1.52 bits per heavy atom. The third-order valence-electron chi connectivity index (χ3n) is 12.2. The van der Waals surface area contributed by atoms with Gasteiger partial charge in [0, 0.05) is 56.2 Å². The van der Waals surface area contributed by atoms with Gasteiger partial charge in [0.15, 0.2) is 0 Å². The second-order valence-electron chi connectivity index (χ2n) is 15.5. The molecule has 0 saturated heterocycles. The molecular weight excluding hydrogens is 681 g/mol. The van der Waals surface area contributed by atoms with Gasteiger partial charge in [0.05, 0.1) is 11.6 Å². The van der Waals surface area contributed by atoms with Crippen LogP contribution in [0.4, 0.5) is 0 Å². The molecule has 1 aliphatic heterocycles. The van der Waals surface area contributed by atoms with E-state index in [-0.39, 0.29) is 6.04 Å². The lowest BCUT2D eigenvalue weighted by atomic mass is 9.82. The largest absolute Gasteiger partial charge is 0.455 e. The number of rotatable bonds is 6. The second kappa shape index (κ2) is 13.6. The Morgan fingerprint density at radius 1 is 0.679 bits per heavy atom. The van der Waals surface area contributed by atoms with E-state index in [9.17, 15) is 0 Å². The highest BCUT2D eigenvalue weighted by Gasteiger charge is 2.27. The summed E-state index contributed by atoms with van der Waals surface area (Å²) in [5.74, 6) is 0.732. The average molecular weight is 723 g/mol. The molecule has 7 aromatic rings. The molecule has 3 heterocycles. The fourth-order valence-corrected chi connectivity index (χ4v) is 9.42. The normalized spacial score (nSPS) is 20.4. The topological polar surface area (TPSA) is 30.1 Å². The van der Waals surface area contributed by atoms with Gasteiger partial charge < -0.3 is 14.3 Å². The average Bonchev–Trinajstić information content (AvgIpc) is 3.83. The Morgan fingerprint density at radius 3 is 2.39 bits per heavy atom. The van der Waals surface area contributed by atoms with E-state index >= 15 is 0 Å². The van der Waals surface area contributed by atoms with Gasteiger partial charge in [-0.1, -0.05) is 146 Å². The molecule has 3 atom stereocenters. The van der Waals surface area contributed by atoms with Crippen LogP contribution in [0.25, 0.3) is 55.7 Å². The molecule has 4 aliphatic rings. The molecule has 1 N–H and O–H groups in total. The molecule has 3 unspecified atom stereocenters. The molecule has 0 amide bonds. The van der Waals surface area contributed by atoms with Crippen LogP contribution in [0, 0.1) is 11.8 Å². The predicted molar refractivity (Wildman–Crippen MR) is 232 cm³/mol. The summed E-state index contributed by atoms with van der Waals surface area (Å²) in [6.45, 7) is 0. The molecule has 2 aromatic heterocycles. The SMILES string of the molecule is C1=CCC(C2=CC(c3ccccc3)NC(C3C=CC(C4=Cc5c(n(-c6cccc(-c7cccc8c7oc7ccccc78)c6)c6ccccc56)CC4)=CC3)=C2)C=C1. The number of nitrogens with zero attached hydrogens (tertiary/aromatic N) is 1. The number of para-hydroxylation sites is 3.